The van der Waals surface area contributed by atoms with Crippen LogP contribution in [0.15, 0.2) is 54.3 Å². The maximum Gasteiger partial charge on any atom is 0.432 e. The van der Waals surface area contributed by atoms with Crippen LogP contribution in [-0.4, -0.2) is 98.7 Å². The summed E-state index contributed by atoms with van der Waals surface area (Å²) in [6, 6.07) is 9.74. The molecule has 0 saturated carbocycles. The molecule has 0 radical (unpaired) electrons. The molecule has 1 spiro atoms. The third-order valence-electron chi connectivity index (χ3n) is 11.1. The van der Waals surface area contributed by atoms with E-state index in [1.54, 1.807) is 0 Å². The van der Waals surface area contributed by atoms with E-state index < -0.39 is 70.9 Å². The molecule has 2 aromatic carbocycles. The van der Waals surface area contributed by atoms with Gasteiger partial charge in [0.25, 0.3) is 5.60 Å². The molecule has 54 heavy (non-hydrogen) atoms. The monoisotopic (exact) mass is 761 g/mol. The number of rotatable bonds is 13. The maximum absolute atomic E-state index is 14.9. The van der Waals surface area contributed by atoms with Gasteiger partial charge in [-0.1, -0.05) is 50.6 Å². The molecule has 6 rings (SSSR count). The zero-order chi connectivity index (χ0) is 39.1. The van der Waals surface area contributed by atoms with Crippen molar-refractivity contribution in [3.8, 4) is 11.5 Å². The zero-order valence-corrected chi connectivity index (χ0v) is 30.9. The lowest BCUT2D eigenvalue weighted by Gasteiger charge is -2.40. The van der Waals surface area contributed by atoms with E-state index in [0.29, 0.717) is 44.4 Å². The summed E-state index contributed by atoms with van der Waals surface area (Å²) in [5.74, 6) is -4.13. The Kier molecular flexibility index (Phi) is 11.0. The highest BCUT2D eigenvalue weighted by Gasteiger charge is 2.66. The number of ether oxygens (including phenoxy) is 7. The number of methoxy groups -OCH3 is 3. The van der Waals surface area contributed by atoms with E-state index in [4.69, 9.17) is 33.2 Å². The van der Waals surface area contributed by atoms with Crippen molar-refractivity contribution < 1.29 is 65.8 Å². The fourth-order valence-corrected chi connectivity index (χ4v) is 8.46. The summed E-state index contributed by atoms with van der Waals surface area (Å²) in [6.07, 6.45) is -5.10. The van der Waals surface area contributed by atoms with E-state index >= 15 is 0 Å². The lowest BCUT2D eigenvalue weighted by molar-refractivity contribution is -0.281. The molecular formula is C39H46F3NO11. The van der Waals surface area contributed by atoms with Crippen molar-refractivity contribution in [2.45, 2.75) is 93.4 Å². The molecule has 294 valence electrons. The summed E-state index contributed by atoms with van der Waals surface area (Å²) in [5.41, 5.74) is -6.34. The van der Waals surface area contributed by atoms with Crippen molar-refractivity contribution in [2.24, 2.45) is 5.92 Å². The Morgan fingerprint density at radius 2 is 1.72 bits per heavy atom. The number of nitrogens with zero attached hydrogens (tertiary/aromatic N) is 1. The van der Waals surface area contributed by atoms with Gasteiger partial charge in [0.05, 0.1) is 25.7 Å². The predicted octanol–water partition coefficient (Wildman–Crippen LogP) is 5.09. The smallest absolute Gasteiger partial charge is 0.432 e. The van der Waals surface area contributed by atoms with Crippen molar-refractivity contribution >= 4 is 17.9 Å². The Bertz CT molecular complexity index is 1770. The third-order valence-corrected chi connectivity index (χ3v) is 11.1. The van der Waals surface area contributed by atoms with Gasteiger partial charge in [0.1, 0.15) is 5.76 Å². The summed E-state index contributed by atoms with van der Waals surface area (Å²) >= 11 is 0. The van der Waals surface area contributed by atoms with E-state index in [-0.39, 0.29) is 24.9 Å². The van der Waals surface area contributed by atoms with Crippen molar-refractivity contribution in [2.75, 3.05) is 41.2 Å². The number of hydrogen-bond acceptors (Lipinski definition) is 12. The van der Waals surface area contributed by atoms with Crippen molar-refractivity contribution in [1.82, 2.24) is 4.90 Å². The first-order valence-corrected chi connectivity index (χ1v) is 18.0. The van der Waals surface area contributed by atoms with Crippen LogP contribution in [0.2, 0.25) is 0 Å². The van der Waals surface area contributed by atoms with Crippen molar-refractivity contribution in [3.63, 3.8) is 0 Å². The number of fused-ring (bicyclic) bond motifs is 3. The second kappa shape index (κ2) is 15.1. The normalized spacial score (nSPS) is 24.5. The molecule has 1 fully saturated rings. The number of carbonyl (C=O) groups is 3. The van der Waals surface area contributed by atoms with Gasteiger partial charge in [0, 0.05) is 19.2 Å². The van der Waals surface area contributed by atoms with Gasteiger partial charge in [-0.3, -0.25) is 4.90 Å². The van der Waals surface area contributed by atoms with Crippen LogP contribution in [0.3, 0.4) is 0 Å². The van der Waals surface area contributed by atoms with Gasteiger partial charge >= 0.3 is 24.1 Å². The molecular weight excluding hydrogens is 715 g/mol. The average molecular weight is 762 g/mol. The van der Waals surface area contributed by atoms with Crippen LogP contribution in [-0.2, 0) is 50.1 Å². The van der Waals surface area contributed by atoms with Crippen LogP contribution in [0.1, 0.15) is 68.6 Å². The van der Waals surface area contributed by atoms with Gasteiger partial charge in [0.2, 0.25) is 18.5 Å². The minimum absolute atomic E-state index is 0.0418. The topological polar surface area (TPSA) is 139 Å². The van der Waals surface area contributed by atoms with Crippen LogP contribution < -0.4 is 9.47 Å². The summed E-state index contributed by atoms with van der Waals surface area (Å²) in [4.78, 5) is 44.3. The Labute approximate surface area is 311 Å². The zero-order valence-electron chi connectivity index (χ0n) is 30.9. The molecule has 6 atom stereocenters. The van der Waals surface area contributed by atoms with Crippen LogP contribution in [0.25, 0.3) is 0 Å². The summed E-state index contributed by atoms with van der Waals surface area (Å²) in [5, 5.41) is 12.4. The number of esters is 3. The number of hydrogen-bond donors (Lipinski definition) is 1. The highest BCUT2D eigenvalue weighted by molar-refractivity contribution is 5.92. The van der Waals surface area contributed by atoms with E-state index in [1.807, 2.05) is 32.1 Å². The quantitative estimate of drug-likeness (QED) is 0.215. The predicted molar refractivity (Wildman–Crippen MR) is 184 cm³/mol. The van der Waals surface area contributed by atoms with Gasteiger partial charge in [-0.25, -0.2) is 14.4 Å². The van der Waals surface area contributed by atoms with Crippen LogP contribution in [0.4, 0.5) is 13.2 Å². The fraction of sp³-hybridized carbons (Fsp3) is 0.564. The second-order valence-electron chi connectivity index (χ2n) is 14.6. The standard InChI is InChI=1S/C39H46F3NO11/c1-23(2)11-9-16-37(47,32(33(44)49-4)54-35(46)38(50-5,39(40,41)42)25-12-7-6-8-13-25)34(45)53-31-29(48-3)21-36-15-10-17-43(36)18-14-24-19-27-28(52-22-51-27)20-26(24)30(31)36/h6-8,12-13,19-21,23,30-32,47H,9-11,14-18,22H2,1-5H3/t30-,31-,32-,36+,37-,38-/m1/s1. The van der Waals surface area contributed by atoms with Gasteiger partial charge in [-0.15, -0.1) is 0 Å². The molecule has 0 amide bonds. The molecule has 1 N–H and O–H groups in total. The molecule has 1 saturated heterocycles. The summed E-state index contributed by atoms with van der Waals surface area (Å²) in [7, 11) is 2.98. The van der Waals surface area contributed by atoms with Gasteiger partial charge < -0.3 is 38.3 Å². The third kappa shape index (κ3) is 6.57. The molecule has 3 aliphatic heterocycles. The van der Waals surface area contributed by atoms with Crippen LogP contribution >= 0.6 is 0 Å². The lowest BCUT2D eigenvalue weighted by Crippen LogP contribution is -2.60. The Morgan fingerprint density at radius 1 is 1.02 bits per heavy atom. The molecule has 0 aromatic heterocycles. The first-order valence-electron chi connectivity index (χ1n) is 18.0. The van der Waals surface area contributed by atoms with Crippen LogP contribution in [0, 0.1) is 5.92 Å². The summed E-state index contributed by atoms with van der Waals surface area (Å²) in [6.45, 7) is 5.26. The van der Waals surface area contributed by atoms with Crippen LogP contribution in [0.5, 0.6) is 11.5 Å². The second-order valence-corrected chi connectivity index (χ2v) is 14.6. The maximum atomic E-state index is 14.9. The van der Waals surface area contributed by atoms with Gasteiger partial charge in [-0.2, -0.15) is 13.2 Å². The number of aliphatic hydroxyl groups is 1. The molecule has 2 aromatic rings. The Hall–Kier alpha value is -4.34. The van der Waals surface area contributed by atoms with Gasteiger partial charge in [-0.05, 0) is 73.9 Å². The molecule has 15 heteroatoms. The fourth-order valence-electron chi connectivity index (χ4n) is 8.46. The number of benzene rings is 2. The van der Waals surface area contributed by atoms with E-state index in [1.165, 1.54) is 25.3 Å². The first kappa shape index (κ1) is 39.4. The molecule has 12 nitrogen and oxygen atoms in total. The van der Waals surface area contributed by atoms with E-state index in [0.717, 1.165) is 43.3 Å². The van der Waals surface area contributed by atoms with Gasteiger partial charge in [0.15, 0.2) is 17.6 Å². The molecule has 0 unspecified atom stereocenters. The highest BCUT2D eigenvalue weighted by Crippen LogP contribution is 2.56. The van der Waals surface area contributed by atoms with Crippen molar-refractivity contribution in [3.05, 3.63) is 71.0 Å². The Morgan fingerprint density at radius 3 is 2.35 bits per heavy atom. The number of carbonyl (C=O) groups excluding carboxylic acids is 3. The van der Waals surface area contributed by atoms with Crippen molar-refractivity contribution in [1.29, 1.82) is 0 Å². The highest BCUT2D eigenvalue weighted by atomic mass is 19.4. The number of halogens is 3. The molecule has 3 heterocycles. The molecule has 1 aliphatic carbocycles. The molecule has 0 bridgehead atoms. The molecule has 4 aliphatic rings. The number of alkyl halides is 3. The van der Waals surface area contributed by atoms with E-state index in [9.17, 15) is 32.7 Å². The SMILES string of the molecule is COC(=O)[C@@H](OC(=O)[C@](OC)(c1ccccc1)C(F)(F)F)[C@](O)(CCCC(C)C)C(=O)O[C@@H]1C(OC)=C[C@]23CCCN2CCc2cc4c(cc2[C@H]13)OCO4. The average Bonchev–Trinajstić information content (AvgIpc) is 3.83. The first-order chi connectivity index (χ1) is 25.7. The minimum Gasteiger partial charge on any atom is -0.497 e. The lowest BCUT2D eigenvalue weighted by atomic mass is 9.77. The summed E-state index contributed by atoms with van der Waals surface area (Å²) < 4.78 is 83.2. The Balaban J connectivity index is 1.42. The minimum atomic E-state index is -5.41. The van der Waals surface area contributed by atoms with E-state index in [2.05, 4.69) is 4.90 Å². The largest absolute Gasteiger partial charge is 0.497 e.